The van der Waals surface area contributed by atoms with Gasteiger partial charge in [0.15, 0.2) is 0 Å². The third kappa shape index (κ3) is 2.06. The molecule has 1 aromatic carbocycles. The zero-order chi connectivity index (χ0) is 12.4. The minimum absolute atomic E-state index is 0.806. The van der Waals surface area contributed by atoms with Crippen LogP contribution >= 0.6 is 0 Å². The van der Waals surface area contributed by atoms with Crippen LogP contribution in [0.3, 0.4) is 0 Å². The van der Waals surface area contributed by atoms with Crippen LogP contribution in [0.5, 0.6) is 0 Å². The minimum atomic E-state index is 0.806. The van der Waals surface area contributed by atoms with Gasteiger partial charge in [-0.05, 0) is 17.5 Å². The predicted octanol–water partition coefficient (Wildman–Crippen LogP) is 0.223. The van der Waals surface area contributed by atoms with Gasteiger partial charge < -0.3 is 4.90 Å². The van der Waals surface area contributed by atoms with E-state index >= 15 is 0 Å². The highest BCUT2D eigenvalue weighted by molar-refractivity contribution is 5.54. The van der Waals surface area contributed by atoms with Crippen molar-refractivity contribution in [3.63, 3.8) is 0 Å². The Morgan fingerprint density at radius 1 is 1.00 bits per heavy atom. The Morgan fingerprint density at radius 2 is 1.72 bits per heavy atom. The smallest absolute Gasteiger partial charge is 0.204 e. The summed E-state index contributed by atoms with van der Waals surface area (Å²) in [7, 11) is 2.13. The van der Waals surface area contributed by atoms with E-state index in [1.54, 1.807) is 0 Å². The van der Waals surface area contributed by atoms with E-state index < -0.39 is 0 Å². The fourth-order valence-electron chi connectivity index (χ4n) is 2.12. The van der Waals surface area contributed by atoms with Crippen LogP contribution in [0.1, 0.15) is 0 Å². The molecule has 1 saturated heterocycles. The Balaban J connectivity index is 1.88. The molecule has 3 rings (SSSR count). The van der Waals surface area contributed by atoms with Gasteiger partial charge in [0.2, 0.25) is 5.82 Å². The monoisotopic (exact) mass is 244 g/mol. The molecule has 0 unspecified atom stereocenters. The number of rotatable bonds is 2. The molecule has 1 fully saturated rings. The lowest BCUT2D eigenvalue weighted by atomic mass is 10.2. The van der Waals surface area contributed by atoms with Crippen LogP contribution < -0.4 is 5.01 Å². The minimum Gasteiger partial charge on any atom is -0.303 e. The number of nitrogens with zero attached hydrogens (tertiary/aromatic N) is 6. The number of benzene rings is 1. The maximum atomic E-state index is 4.13. The van der Waals surface area contributed by atoms with Crippen molar-refractivity contribution < 1.29 is 0 Å². The van der Waals surface area contributed by atoms with Gasteiger partial charge in [0, 0.05) is 31.7 Å². The van der Waals surface area contributed by atoms with Crippen molar-refractivity contribution in [3.8, 4) is 11.4 Å². The molecule has 1 aliphatic rings. The van der Waals surface area contributed by atoms with Crippen molar-refractivity contribution in [3.05, 3.63) is 30.3 Å². The molecule has 6 nitrogen and oxygen atoms in total. The molecule has 0 aliphatic carbocycles. The number of hydrogen-bond donors (Lipinski definition) is 0. The molecule has 2 aromatic rings. The first-order valence-corrected chi connectivity index (χ1v) is 6.12. The van der Waals surface area contributed by atoms with Gasteiger partial charge in [0.1, 0.15) is 0 Å². The lowest BCUT2D eigenvalue weighted by Crippen LogP contribution is -2.50. The summed E-state index contributed by atoms with van der Waals surface area (Å²) in [6, 6.07) is 10.0. The summed E-state index contributed by atoms with van der Waals surface area (Å²) in [5.74, 6) is 0.806. The molecule has 1 aliphatic heterocycles. The summed E-state index contributed by atoms with van der Waals surface area (Å²) >= 11 is 0. The fourth-order valence-corrected chi connectivity index (χ4v) is 2.12. The number of aromatic nitrogens is 4. The van der Waals surface area contributed by atoms with E-state index in [2.05, 4.69) is 32.5 Å². The molecule has 0 spiro atoms. The second-order valence-electron chi connectivity index (χ2n) is 4.51. The molecule has 0 radical (unpaired) electrons. The highest BCUT2D eigenvalue weighted by Gasteiger charge is 2.19. The van der Waals surface area contributed by atoms with Gasteiger partial charge in [0.25, 0.3) is 0 Å². The van der Waals surface area contributed by atoms with Gasteiger partial charge in [0.05, 0.1) is 0 Å². The average Bonchev–Trinajstić information content (AvgIpc) is 2.90. The topological polar surface area (TPSA) is 50.1 Å². The molecule has 1 aromatic heterocycles. The molecular formula is C12H16N6. The van der Waals surface area contributed by atoms with Crippen LogP contribution in [0.2, 0.25) is 0 Å². The van der Waals surface area contributed by atoms with E-state index in [0.29, 0.717) is 0 Å². The van der Waals surface area contributed by atoms with E-state index in [0.717, 1.165) is 37.6 Å². The van der Waals surface area contributed by atoms with E-state index in [4.69, 9.17) is 0 Å². The Bertz CT molecular complexity index is 500. The van der Waals surface area contributed by atoms with Crippen molar-refractivity contribution in [2.24, 2.45) is 0 Å². The van der Waals surface area contributed by atoms with Gasteiger partial charge in [-0.15, -0.1) is 9.89 Å². The first kappa shape index (κ1) is 11.2. The highest BCUT2D eigenvalue weighted by Crippen LogP contribution is 2.15. The molecule has 0 saturated carbocycles. The van der Waals surface area contributed by atoms with Gasteiger partial charge in [-0.25, -0.2) is 0 Å². The second kappa shape index (κ2) is 4.73. The van der Waals surface area contributed by atoms with Crippen LogP contribution in [-0.2, 0) is 0 Å². The van der Waals surface area contributed by atoms with E-state index in [-0.39, 0.29) is 0 Å². The zero-order valence-electron chi connectivity index (χ0n) is 10.4. The molecule has 0 bridgehead atoms. The number of hydrogen-bond acceptors (Lipinski definition) is 5. The maximum Gasteiger partial charge on any atom is 0.204 e. The summed E-state index contributed by atoms with van der Waals surface area (Å²) in [5.41, 5.74) is 1.04. The summed E-state index contributed by atoms with van der Waals surface area (Å²) in [6.45, 7) is 3.96. The van der Waals surface area contributed by atoms with Gasteiger partial charge in [-0.2, -0.15) is 0 Å². The lowest BCUT2D eigenvalue weighted by molar-refractivity contribution is 0.280. The molecule has 0 N–H and O–H groups in total. The molecular weight excluding hydrogens is 228 g/mol. The fraction of sp³-hybridized carbons (Fsp3) is 0.417. The molecule has 2 heterocycles. The Labute approximate surface area is 106 Å². The van der Waals surface area contributed by atoms with Crippen LogP contribution in [0.25, 0.3) is 11.4 Å². The van der Waals surface area contributed by atoms with Crippen LogP contribution in [0.4, 0.5) is 0 Å². The normalized spacial score (nSPS) is 17.1. The standard InChI is InChI=1S/C12H16N6/c1-16-7-9-17(10-8-16)18-12(13-14-15-18)11-5-3-2-4-6-11/h2-6H,7-10H2,1H3. The molecule has 6 heteroatoms. The zero-order valence-corrected chi connectivity index (χ0v) is 10.4. The Kier molecular flexibility index (Phi) is 2.93. The quantitative estimate of drug-likeness (QED) is 0.756. The highest BCUT2D eigenvalue weighted by atomic mass is 15.8. The van der Waals surface area contributed by atoms with E-state index in [9.17, 15) is 0 Å². The number of piperazine rings is 1. The molecule has 18 heavy (non-hydrogen) atoms. The van der Waals surface area contributed by atoms with Gasteiger partial charge in [-0.3, -0.25) is 5.01 Å². The second-order valence-corrected chi connectivity index (χ2v) is 4.51. The van der Waals surface area contributed by atoms with Crippen molar-refractivity contribution in [1.82, 2.24) is 25.2 Å². The molecule has 0 atom stereocenters. The molecule has 0 amide bonds. The van der Waals surface area contributed by atoms with E-state index in [1.807, 2.05) is 35.1 Å². The van der Waals surface area contributed by atoms with Crippen LogP contribution in [0.15, 0.2) is 30.3 Å². The Hall–Kier alpha value is -1.95. The SMILES string of the molecule is CN1CCN(n2nnnc2-c2ccccc2)CC1. The predicted molar refractivity (Wildman–Crippen MR) is 68.7 cm³/mol. The first-order valence-electron chi connectivity index (χ1n) is 6.12. The summed E-state index contributed by atoms with van der Waals surface area (Å²) < 4.78 is 0. The van der Waals surface area contributed by atoms with Gasteiger partial charge >= 0.3 is 0 Å². The summed E-state index contributed by atoms with van der Waals surface area (Å²) in [5, 5.41) is 14.2. The van der Waals surface area contributed by atoms with Crippen molar-refractivity contribution in [2.75, 3.05) is 38.2 Å². The maximum absolute atomic E-state index is 4.13. The first-order chi connectivity index (χ1) is 8.84. The number of likely N-dealkylation sites (N-methyl/N-ethyl adjacent to an activating group) is 1. The third-order valence-corrected chi connectivity index (χ3v) is 3.23. The van der Waals surface area contributed by atoms with Gasteiger partial charge in [-0.1, -0.05) is 30.3 Å². The summed E-state index contributed by atoms with van der Waals surface area (Å²) in [4.78, 5) is 4.13. The Morgan fingerprint density at radius 3 is 2.44 bits per heavy atom. The number of tetrazole rings is 1. The third-order valence-electron chi connectivity index (χ3n) is 3.23. The van der Waals surface area contributed by atoms with Crippen LogP contribution in [-0.4, -0.2) is 58.4 Å². The van der Waals surface area contributed by atoms with E-state index in [1.165, 1.54) is 0 Å². The van der Waals surface area contributed by atoms with Crippen molar-refractivity contribution in [1.29, 1.82) is 0 Å². The summed E-state index contributed by atoms with van der Waals surface area (Å²) in [6.07, 6.45) is 0. The van der Waals surface area contributed by atoms with Crippen molar-refractivity contribution in [2.45, 2.75) is 0 Å². The van der Waals surface area contributed by atoms with Crippen LogP contribution in [0, 0.1) is 0 Å². The largest absolute Gasteiger partial charge is 0.303 e. The average molecular weight is 244 g/mol. The van der Waals surface area contributed by atoms with Crippen molar-refractivity contribution >= 4 is 0 Å². The molecule has 94 valence electrons. The lowest BCUT2D eigenvalue weighted by Gasteiger charge is -2.33.